The number of phosphoric acid groups is 1. The zero-order chi connectivity index (χ0) is 58.7. The number of ether oxygens (including phenoxy) is 2. The molecule has 0 rings (SSSR count). The summed E-state index contributed by atoms with van der Waals surface area (Å²) in [7, 11) is -4.39. The van der Waals surface area contributed by atoms with Gasteiger partial charge >= 0.3 is 19.8 Å². The minimum absolute atomic E-state index is 0.0547. The average Bonchev–Trinajstić information content (AvgIpc) is 3.46. The second kappa shape index (κ2) is 66.8. The van der Waals surface area contributed by atoms with Crippen LogP contribution in [0.5, 0.6) is 0 Å². The number of rotatable bonds is 66. The van der Waals surface area contributed by atoms with E-state index >= 15 is 0 Å². The summed E-state index contributed by atoms with van der Waals surface area (Å²) in [6.07, 6.45) is 86.1. The molecule has 0 aromatic carbocycles. The van der Waals surface area contributed by atoms with E-state index < -0.39 is 26.5 Å². The minimum Gasteiger partial charge on any atom is -0.462 e. The summed E-state index contributed by atoms with van der Waals surface area (Å²) < 4.78 is 33.2. The van der Waals surface area contributed by atoms with Crippen LogP contribution >= 0.6 is 7.82 Å². The topological polar surface area (TPSA) is 134 Å². The molecule has 0 aliphatic rings. The van der Waals surface area contributed by atoms with Crippen LogP contribution in [-0.2, 0) is 32.7 Å². The van der Waals surface area contributed by atoms with Gasteiger partial charge in [0.15, 0.2) is 6.10 Å². The Morgan fingerprint density at radius 3 is 1.02 bits per heavy atom. The molecule has 0 fully saturated rings. The van der Waals surface area contributed by atoms with Gasteiger partial charge in [0.1, 0.15) is 6.61 Å². The number of phosphoric ester groups is 1. The number of allylic oxidation sites excluding steroid dienone is 10. The molecule has 0 aromatic heterocycles. The molecule has 474 valence electrons. The summed E-state index contributed by atoms with van der Waals surface area (Å²) in [6, 6.07) is 0. The fraction of sp³-hybridized carbons (Fsp3) is 0.831. The molecule has 0 amide bonds. The van der Waals surface area contributed by atoms with Gasteiger partial charge in [0.25, 0.3) is 0 Å². The molecule has 0 aliphatic heterocycles. The van der Waals surface area contributed by atoms with E-state index in [4.69, 9.17) is 24.3 Å². The lowest BCUT2D eigenvalue weighted by molar-refractivity contribution is -0.161. The lowest BCUT2D eigenvalue weighted by Gasteiger charge is -2.19. The van der Waals surface area contributed by atoms with Crippen LogP contribution in [0.15, 0.2) is 60.8 Å². The molecule has 0 saturated carbocycles. The van der Waals surface area contributed by atoms with Gasteiger partial charge in [-0.15, -0.1) is 0 Å². The second-order valence-corrected chi connectivity index (χ2v) is 24.8. The van der Waals surface area contributed by atoms with Gasteiger partial charge in [-0.3, -0.25) is 18.6 Å². The second-order valence-electron chi connectivity index (χ2n) is 23.4. The van der Waals surface area contributed by atoms with E-state index in [0.29, 0.717) is 6.42 Å². The molecule has 2 unspecified atom stereocenters. The molecular formula is C71H132NO8P. The molecule has 0 heterocycles. The van der Waals surface area contributed by atoms with Crippen molar-refractivity contribution in [3.63, 3.8) is 0 Å². The van der Waals surface area contributed by atoms with E-state index in [9.17, 15) is 19.0 Å². The van der Waals surface area contributed by atoms with Crippen LogP contribution in [0.1, 0.15) is 348 Å². The van der Waals surface area contributed by atoms with Crippen LogP contribution in [0.3, 0.4) is 0 Å². The summed E-state index contributed by atoms with van der Waals surface area (Å²) in [4.78, 5) is 35.3. The smallest absolute Gasteiger partial charge is 0.462 e. The maximum Gasteiger partial charge on any atom is 0.472 e. The Kier molecular flexibility index (Phi) is 65.0. The Morgan fingerprint density at radius 2 is 0.679 bits per heavy atom. The quantitative estimate of drug-likeness (QED) is 0.0264. The van der Waals surface area contributed by atoms with E-state index in [1.165, 1.54) is 257 Å². The van der Waals surface area contributed by atoms with Crippen molar-refractivity contribution in [3.05, 3.63) is 60.8 Å². The Balaban J connectivity index is 3.80. The van der Waals surface area contributed by atoms with E-state index in [2.05, 4.69) is 74.6 Å². The number of unbranched alkanes of at least 4 members (excludes halogenated alkanes) is 43. The van der Waals surface area contributed by atoms with Crippen molar-refractivity contribution in [1.82, 2.24) is 0 Å². The van der Waals surface area contributed by atoms with Crippen LogP contribution in [-0.4, -0.2) is 49.3 Å². The molecule has 0 radical (unpaired) electrons. The van der Waals surface area contributed by atoms with Crippen molar-refractivity contribution in [2.75, 3.05) is 26.4 Å². The SMILES string of the molecule is CC/C=C\C/C=C\C/C=C\C/C=C\CCCCCCCCCCCCCCCCCCCCCCCCCCC(=O)OC(COC(=O)CCCCCCCCCCCCC/C=C\CCCCCCCCCC)COP(=O)(O)OCCN. The van der Waals surface area contributed by atoms with Gasteiger partial charge in [0.05, 0.1) is 13.2 Å². The van der Waals surface area contributed by atoms with E-state index in [-0.39, 0.29) is 38.6 Å². The lowest BCUT2D eigenvalue weighted by Crippen LogP contribution is -2.29. The van der Waals surface area contributed by atoms with Crippen molar-refractivity contribution in [2.45, 2.75) is 354 Å². The summed E-state index contributed by atoms with van der Waals surface area (Å²) in [5, 5.41) is 0. The monoisotopic (exact) mass is 1160 g/mol. The number of hydrogen-bond donors (Lipinski definition) is 2. The van der Waals surface area contributed by atoms with Gasteiger partial charge in [-0.05, 0) is 77.0 Å². The maximum absolute atomic E-state index is 12.8. The Morgan fingerprint density at radius 1 is 0.383 bits per heavy atom. The van der Waals surface area contributed by atoms with Crippen molar-refractivity contribution >= 4 is 19.8 Å². The Hall–Kier alpha value is -2.29. The van der Waals surface area contributed by atoms with Crippen molar-refractivity contribution < 1.29 is 37.6 Å². The predicted molar refractivity (Wildman–Crippen MR) is 349 cm³/mol. The molecule has 0 spiro atoms. The van der Waals surface area contributed by atoms with E-state index in [1.54, 1.807) is 0 Å². The Labute approximate surface area is 501 Å². The number of carbonyl (C=O) groups excluding carboxylic acids is 2. The number of carbonyl (C=O) groups is 2. The third kappa shape index (κ3) is 66.7. The molecule has 3 N–H and O–H groups in total. The first kappa shape index (κ1) is 78.7. The third-order valence-corrected chi connectivity index (χ3v) is 16.4. The largest absolute Gasteiger partial charge is 0.472 e. The molecule has 0 bridgehead atoms. The fourth-order valence-corrected chi connectivity index (χ4v) is 11.0. The molecule has 0 aliphatic carbocycles. The predicted octanol–water partition coefficient (Wildman–Crippen LogP) is 22.6. The van der Waals surface area contributed by atoms with Crippen LogP contribution in [0.25, 0.3) is 0 Å². The van der Waals surface area contributed by atoms with Crippen LogP contribution in [0, 0.1) is 0 Å². The third-order valence-electron chi connectivity index (χ3n) is 15.4. The van der Waals surface area contributed by atoms with Crippen molar-refractivity contribution in [1.29, 1.82) is 0 Å². The zero-order valence-corrected chi connectivity index (χ0v) is 54.2. The highest BCUT2D eigenvalue weighted by atomic mass is 31.2. The van der Waals surface area contributed by atoms with Crippen LogP contribution in [0.2, 0.25) is 0 Å². The first-order valence-electron chi connectivity index (χ1n) is 34.8. The van der Waals surface area contributed by atoms with Gasteiger partial charge in [-0.25, -0.2) is 4.57 Å². The summed E-state index contributed by atoms with van der Waals surface area (Å²) in [5.74, 6) is -0.810. The standard InChI is InChI=1S/C71H132NO8P/c1-3-5-7-9-11-13-15-17-19-21-23-25-27-28-29-30-31-32-33-34-35-36-37-38-39-40-42-44-46-48-50-52-54-56-58-60-62-64-71(74)80-69(68-79-81(75,76)78-66-65-72)67-77-70(73)63-61-59-57-55-53-51-49-47-45-43-41-26-24-22-20-18-16-14-12-10-8-6-4-2/h5,7,11,13,17,19,22-25,69H,3-4,6,8-10,12,14-16,18,20-21,26-68,72H2,1-2H3,(H,75,76)/b7-5-,13-11-,19-17-,24-22-,25-23-. The molecule has 0 saturated heterocycles. The fourth-order valence-electron chi connectivity index (χ4n) is 10.3. The van der Waals surface area contributed by atoms with Gasteiger partial charge < -0.3 is 20.1 Å². The Bertz CT molecular complexity index is 1510. The average molecular weight is 1160 g/mol. The molecule has 2 atom stereocenters. The minimum atomic E-state index is -4.39. The lowest BCUT2D eigenvalue weighted by atomic mass is 10.0. The van der Waals surface area contributed by atoms with Crippen molar-refractivity contribution in [2.24, 2.45) is 5.73 Å². The number of nitrogens with two attached hydrogens (primary N) is 1. The van der Waals surface area contributed by atoms with Gasteiger partial charge in [-0.1, -0.05) is 319 Å². The summed E-state index contributed by atoms with van der Waals surface area (Å²) >= 11 is 0. The summed E-state index contributed by atoms with van der Waals surface area (Å²) in [5.41, 5.74) is 5.40. The molecule has 10 heteroatoms. The van der Waals surface area contributed by atoms with Gasteiger partial charge in [0, 0.05) is 19.4 Å². The first-order valence-corrected chi connectivity index (χ1v) is 36.3. The molecule has 0 aromatic rings. The number of esters is 2. The van der Waals surface area contributed by atoms with E-state index in [1.807, 2.05) is 0 Å². The number of hydrogen-bond acceptors (Lipinski definition) is 8. The molecule has 81 heavy (non-hydrogen) atoms. The summed E-state index contributed by atoms with van der Waals surface area (Å²) in [6.45, 7) is 3.69. The zero-order valence-electron chi connectivity index (χ0n) is 53.3. The van der Waals surface area contributed by atoms with Gasteiger partial charge in [-0.2, -0.15) is 0 Å². The van der Waals surface area contributed by atoms with Crippen LogP contribution in [0.4, 0.5) is 0 Å². The first-order chi connectivity index (χ1) is 39.8. The normalized spacial score (nSPS) is 13.3. The molecule has 9 nitrogen and oxygen atoms in total. The van der Waals surface area contributed by atoms with E-state index in [0.717, 1.165) is 57.8 Å². The van der Waals surface area contributed by atoms with Crippen molar-refractivity contribution in [3.8, 4) is 0 Å². The highest BCUT2D eigenvalue weighted by Crippen LogP contribution is 2.43. The highest BCUT2D eigenvalue weighted by molar-refractivity contribution is 7.47. The van der Waals surface area contributed by atoms with Gasteiger partial charge in [0.2, 0.25) is 0 Å². The van der Waals surface area contributed by atoms with Crippen LogP contribution < -0.4 is 5.73 Å². The molecular weight excluding hydrogens is 1030 g/mol. The maximum atomic E-state index is 12.8. The highest BCUT2D eigenvalue weighted by Gasteiger charge is 2.26.